The first-order valence-corrected chi connectivity index (χ1v) is 6.37. The molecule has 2 aromatic rings. The molecule has 1 aromatic heterocycles. The van der Waals surface area contributed by atoms with Crippen LogP contribution in [-0.2, 0) is 4.79 Å². The van der Waals surface area contributed by atoms with E-state index in [1.165, 1.54) is 23.5 Å². The van der Waals surface area contributed by atoms with Crippen LogP contribution < -0.4 is 0 Å². The predicted octanol–water partition coefficient (Wildman–Crippen LogP) is 3.53. The van der Waals surface area contributed by atoms with Crippen LogP contribution in [0.1, 0.15) is 24.3 Å². The van der Waals surface area contributed by atoms with Crippen molar-refractivity contribution in [2.24, 2.45) is 0 Å². The monoisotopic (exact) mass is 265 g/mol. The van der Waals surface area contributed by atoms with Crippen LogP contribution in [0.15, 0.2) is 29.6 Å². The number of carboxylic acids is 1. The van der Waals surface area contributed by atoms with Crippen LogP contribution in [0.4, 0.5) is 4.39 Å². The molecule has 94 valence electrons. The Kier molecular flexibility index (Phi) is 3.72. The highest BCUT2D eigenvalue weighted by molar-refractivity contribution is 7.10. The van der Waals surface area contributed by atoms with E-state index >= 15 is 0 Å². The van der Waals surface area contributed by atoms with Crippen LogP contribution in [0, 0.1) is 5.82 Å². The summed E-state index contributed by atoms with van der Waals surface area (Å²) in [6.45, 7) is 1.82. The summed E-state index contributed by atoms with van der Waals surface area (Å²) >= 11 is 1.40. The second-order valence-corrected chi connectivity index (χ2v) is 4.97. The zero-order chi connectivity index (χ0) is 13.1. The third kappa shape index (κ3) is 2.92. The predicted molar refractivity (Wildman–Crippen MR) is 68.2 cm³/mol. The Hall–Kier alpha value is -1.75. The lowest BCUT2D eigenvalue weighted by Gasteiger charge is -2.03. The van der Waals surface area contributed by atoms with Gasteiger partial charge in [-0.3, -0.25) is 4.79 Å². The smallest absolute Gasteiger partial charge is 0.304 e. The molecule has 1 unspecified atom stereocenters. The second-order valence-electron chi connectivity index (χ2n) is 4.08. The highest BCUT2D eigenvalue weighted by Crippen LogP contribution is 2.28. The van der Waals surface area contributed by atoms with Gasteiger partial charge in [0.2, 0.25) is 0 Å². The number of rotatable bonds is 4. The lowest BCUT2D eigenvalue weighted by Crippen LogP contribution is -2.02. The quantitative estimate of drug-likeness (QED) is 0.920. The Bertz CT molecular complexity index is 568. The van der Waals surface area contributed by atoms with E-state index in [0.717, 1.165) is 5.01 Å². The normalized spacial score (nSPS) is 12.3. The fourth-order valence-corrected chi connectivity index (χ4v) is 2.53. The van der Waals surface area contributed by atoms with E-state index in [0.29, 0.717) is 11.3 Å². The summed E-state index contributed by atoms with van der Waals surface area (Å²) in [5.41, 5.74) is 1.40. The van der Waals surface area contributed by atoms with E-state index in [-0.39, 0.29) is 18.2 Å². The zero-order valence-electron chi connectivity index (χ0n) is 9.76. The molecular formula is C13H12FNO2S. The van der Waals surface area contributed by atoms with Gasteiger partial charge in [-0.2, -0.15) is 0 Å². The minimum atomic E-state index is -0.843. The molecule has 0 spiro atoms. The highest BCUT2D eigenvalue weighted by Gasteiger charge is 2.14. The number of aliphatic carboxylic acids is 1. The van der Waals surface area contributed by atoms with E-state index < -0.39 is 5.97 Å². The van der Waals surface area contributed by atoms with Crippen molar-refractivity contribution in [3.8, 4) is 11.3 Å². The van der Waals surface area contributed by atoms with Crippen molar-refractivity contribution in [3.63, 3.8) is 0 Å². The molecule has 0 radical (unpaired) electrons. The van der Waals surface area contributed by atoms with Gasteiger partial charge in [0.25, 0.3) is 0 Å². The van der Waals surface area contributed by atoms with Crippen molar-refractivity contribution in [3.05, 3.63) is 40.5 Å². The van der Waals surface area contributed by atoms with E-state index in [2.05, 4.69) is 4.98 Å². The first kappa shape index (κ1) is 12.7. The molecule has 0 amide bonds. The molecule has 0 aliphatic carbocycles. The molecule has 0 saturated heterocycles. The minimum Gasteiger partial charge on any atom is -0.481 e. The third-order valence-corrected chi connectivity index (χ3v) is 3.62. The molecule has 1 atom stereocenters. The van der Waals surface area contributed by atoms with Crippen LogP contribution in [0.5, 0.6) is 0 Å². The SMILES string of the molecule is CC(CC(=O)O)c1nc(-c2cccc(F)c2)cs1. The van der Waals surface area contributed by atoms with Crippen molar-refractivity contribution < 1.29 is 14.3 Å². The van der Waals surface area contributed by atoms with E-state index in [1.54, 1.807) is 12.1 Å². The van der Waals surface area contributed by atoms with Gasteiger partial charge in [-0.05, 0) is 12.1 Å². The zero-order valence-corrected chi connectivity index (χ0v) is 10.6. The van der Waals surface area contributed by atoms with Gasteiger partial charge in [0.1, 0.15) is 5.82 Å². The average Bonchev–Trinajstić information content (AvgIpc) is 2.77. The summed E-state index contributed by atoms with van der Waals surface area (Å²) < 4.78 is 13.1. The lowest BCUT2D eigenvalue weighted by molar-refractivity contribution is -0.137. The van der Waals surface area contributed by atoms with Crippen LogP contribution >= 0.6 is 11.3 Å². The number of carboxylic acid groups (broad SMARTS) is 1. The number of carbonyl (C=O) groups is 1. The Morgan fingerprint density at radius 1 is 1.56 bits per heavy atom. The van der Waals surface area contributed by atoms with Gasteiger partial charge in [-0.25, -0.2) is 9.37 Å². The number of halogens is 1. The molecule has 0 aliphatic heterocycles. The molecule has 0 saturated carbocycles. The van der Waals surface area contributed by atoms with E-state index in [1.807, 2.05) is 12.3 Å². The van der Waals surface area contributed by atoms with Gasteiger partial charge in [0, 0.05) is 16.9 Å². The maximum absolute atomic E-state index is 13.1. The summed E-state index contributed by atoms with van der Waals surface area (Å²) in [5.74, 6) is -1.28. The summed E-state index contributed by atoms with van der Waals surface area (Å²) in [6, 6.07) is 6.21. The van der Waals surface area contributed by atoms with E-state index in [9.17, 15) is 9.18 Å². The highest BCUT2D eigenvalue weighted by atomic mass is 32.1. The van der Waals surface area contributed by atoms with Crippen LogP contribution in [0.2, 0.25) is 0 Å². The molecule has 1 heterocycles. The number of hydrogen-bond acceptors (Lipinski definition) is 3. The number of hydrogen-bond donors (Lipinski definition) is 1. The second kappa shape index (κ2) is 5.27. The number of nitrogens with zero attached hydrogens (tertiary/aromatic N) is 1. The standard InChI is InChI=1S/C13H12FNO2S/c1-8(5-12(16)17)13-15-11(7-18-13)9-3-2-4-10(14)6-9/h2-4,6-8H,5H2,1H3,(H,16,17). The molecule has 1 aromatic carbocycles. The third-order valence-electron chi connectivity index (χ3n) is 2.54. The summed E-state index contributed by atoms with van der Waals surface area (Å²) in [6.07, 6.45) is 0.0517. The molecule has 0 aliphatic rings. The molecule has 1 N–H and O–H groups in total. The van der Waals surface area contributed by atoms with Crippen molar-refractivity contribution >= 4 is 17.3 Å². The lowest BCUT2D eigenvalue weighted by atomic mass is 10.1. The Balaban J connectivity index is 2.22. The molecule has 0 fully saturated rings. The Morgan fingerprint density at radius 2 is 2.33 bits per heavy atom. The first-order valence-electron chi connectivity index (χ1n) is 5.49. The van der Waals surface area contributed by atoms with Crippen molar-refractivity contribution in [2.45, 2.75) is 19.3 Å². The topological polar surface area (TPSA) is 50.2 Å². The number of thiazole rings is 1. The first-order chi connectivity index (χ1) is 8.56. The number of aromatic nitrogens is 1. The van der Waals surface area contributed by atoms with E-state index in [4.69, 9.17) is 5.11 Å². The Morgan fingerprint density at radius 3 is 3.00 bits per heavy atom. The molecule has 5 heteroatoms. The molecule has 3 nitrogen and oxygen atoms in total. The summed E-state index contributed by atoms with van der Waals surface area (Å²) in [7, 11) is 0. The fraction of sp³-hybridized carbons (Fsp3) is 0.231. The average molecular weight is 265 g/mol. The Labute approximate surface area is 108 Å². The summed E-state index contributed by atoms with van der Waals surface area (Å²) in [5, 5.41) is 11.3. The van der Waals surface area contributed by atoms with Gasteiger partial charge in [-0.15, -0.1) is 11.3 Å². The van der Waals surface area contributed by atoms with Gasteiger partial charge in [0.15, 0.2) is 0 Å². The maximum atomic E-state index is 13.1. The molecule has 0 bridgehead atoms. The van der Waals surface area contributed by atoms with Gasteiger partial charge < -0.3 is 5.11 Å². The largest absolute Gasteiger partial charge is 0.481 e. The van der Waals surface area contributed by atoms with Crippen LogP contribution in [0.3, 0.4) is 0 Å². The van der Waals surface area contributed by atoms with Gasteiger partial charge in [0.05, 0.1) is 17.1 Å². The van der Waals surface area contributed by atoms with Crippen molar-refractivity contribution in [1.29, 1.82) is 0 Å². The van der Waals surface area contributed by atoms with Crippen molar-refractivity contribution in [2.75, 3.05) is 0 Å². The van der Waals surface area contributed by atoms with Gasteiger partial charge in [-0.1, -0.05) is 19.1 Å². The molecule has 2 rings (SSSR count). The van der Waals surface area contributed by atoms with Crippen molar-refractivity contribution in [1.82, 2.24) is 4.98 Å². The maximum Gasteiger partial charge on any atom is 0.304 e. The minimum absolute atomic E-state index is 0.0517. The van der Waals surface area contributed by atoms with Gasteiger partial charge >= 0.3 is 5.97 Å². The molecule has 18 heavy (non-hydrogen) atoms. The summed E-state index contributed by atoms with van der Waals surface area (Å²) in [4.78, 5) is 15.0. The fourth-order valence-electron chi connectivity index (χ4n) is 1.64. The van der Waals surface area contributed by atoms with Crippen LogP contribution in [0.25, 0.3) is 11.3 Å². The number of benzene rings is 1. The molecular weight excluding hydrogens is 253 g/mol. The van der Waals surface area contributed by atoms with Crippen LogP contribution in [-0.4, -0.2) is 16.1 Å².